The summed E-state index contributed by atoms with van der Waals surface area (Å²) in [5.41, 5.74) is 24.8. The fourth-order valence-electron chi connectivity index (χ4n) is 10.4. The number of nitrogens with zero attached hydrogens (tertiary/aromatic N) is 15. The number of carbonyl (C=O) groups is 7. The van der Waals surface area contributed by atoms with Crippen LogP contribution in [0.15, 0.2) is 164 Å². The van der Waals surface area contributed by atoms with Crippen LogP contribution in [0.1, 0.15) is 18.1 Å². The van der Waals surface area contributed by atoms with Crippen molar-refractivity contribution in [3.8, 4) is 51.6 Å². The van der Waals surface area contributed by atoms with Gasteiger partial charge in [0.2, 0.25) is 17.8 Å². The Morgan fingerprint density at radius 2 is 0.981 bits per heavy atom. The van der Waals surface area contributed by atoms with E-state index in [1.807, 2.05) is 6.07 Å². The Balaban J connectivity index is 0.000000180. The molecule has 6 atom stereocenters. The van der Waals surface area contributed by atoms with Gasteiger partial charge in [0.05, 0.1) is 31.5 Å². The number of tetrazole rings is 2. The topological polar surface area (TPSA) is 602 Å². The van der Waals surface area contributed by atoms with E-state index < -0.39 is 89.5 Å². The number of carbonyl (C=O) groups excluding carboxylic acids is 7. The number of hydrogen-bond acceptors (Lipinski definition) is 27. The van der Waals surface area contributed by atoms with Gasteiger partial charge in [-0.15, -0.1) is 20.4 Å². The zero-order valence-corrected chi connectivity index (χ0v) is 57.4. The number of rotatable bonds is 18. The SMILES string of the molecule is CC(=O)O[C@@H](C(=O)Nc1ccc(-c2noc(=O)[nH]2)cc1)[C@H]1OCCN(c2cccc(C#N)c2)C1=O.N=C(N)c1ccc(NC(=O)[C@H](O)[C@H]2OCCN(c3cccc(-c4nn[nH]n4)c3)C2=O)cc1.O=C(Nc1ccc(-c2noc(=O)[nH]2)cc1)[C@H](O)[C@H]1OCCN(c2cccc(-c3nn[nH]n3)c2)C1=O.[N-]=[N+]=[N-].[Na+]. The molecule has 0 saturated carbocycles. The van der Waals surface area contributed by atoms with Crippen molar-refractivity contribution in [2.45, 2.75) is 43.5 Å². The second kappa shape index (κ2) is 36.0. The quantitative estimate of drug-likeness (QED) is 0.00923. The molecule has 6 aromatic carbocycles. The molecule has 10 aromatic rings. The molecular formula is C64H57N24NaO17. The van der Waals surface area contributed by atoms with Crippen LogP contribution in [0.2, 0.25) is 0 Å². The molecule has 0 spiro atoms. The van der Waals surface area contributed by atoms with Gasteiger partial charge in [-0.05, 0) is 126 Å². The van der Waals surface area contributed by atoms with Crippen molar-refractivity contribution in [3.05, 3.63) is 194 Å². The number of nitrogen functional groups attached to an aromatic ring is 1. The molecule has 3 fully saturated rings. The van der Waals surface area contributed by atoms with Gasteiger partial charge in [0.25, 0.3) is 35.4 Å². The average Bonchev–Trinajstić information content (AvgIpc) is 0.935. The molecule has 3 aliphatic rings. The second-order valence-corrected chi connectivity index (χ2v) is 22.1. The number of H-pyrrole nitrogens is 4. The molecule has 13 rings (SSSR count). The number of hydrogen-bond donors (Lipinski definition) is 11. The third-order valence-corrected chi connectivity index (χ3v) is 15.3. The smallest absolute Gasteiger partial charge is 0.449 e. The van der Waals surface area contributed by atoms with Gasteiger partial charge in [-0.1, -0.05) is 40.6 Å². The number of benzene rings is 6. The van der Waals surface area contributed by atoms with Gasteiger partial charge >= 0.3 is 47.0 Å². The maximum Gasteiger partial charge on any atom is 1.00 e. The molecule has 0 bridgehead atoms. The Hall–Kier alpha value is -13.3. The Bertz CT molecular complexity index is 4970. The number of nitrogens with one attached hydrogen (secondary N) is 8. The standard InChI is InChI=1S/C23H19N5O7.C21H18N8O6.C20H20N8O4.N3.Na/c1-13(29)34-18(19-22(31)28(9-10-33-19)17-4-2-3-14(11-17)12-24)21(30)25-16-7-5-15(6-8-16)20-26-23(32)35-27-20;30-15(19(31)22-13-6-4-11(5-7-13)17-23-21(33)35-26-17)16-20(32)29(8-9-34-16)14-3-1-2-12(10-14)18-24-27-28-25-18;21-17(22)11-4-6-13(7-5-11)23-19(30)15(29)16-20(31)28(8-9-32-16)14-3-1-2-12(10-14)18-24-26-27-25-18;1-3-2;/h2-8,11,18-19H,9-10H2,1H3,(H,25,30)(H,26,27,32);1-7,10,15-16,30H,8-9H2,(H,22,31)(H,23,26,33)(H,24,25,27,28);1-7,10,15-16,29H,8-9H2,(H3,21,22)(H,23,30)(H,24,25,26,27);;/q;;;-1;+1/t18-,19-;2*15-,16-;;/m111../s1. The molecule has 3 aliphatic heterocycles. The van der Waals surface area contributed by atoms with Crippen LogP contribution in [-0.4, -0.2) is 195 Å². The van der Waals surface area contributed by atoms with E-state index in [0.717, 1.165) is 6.92 Å². The summed E-state index contributed by atoms with van der Waals surface area (Å²) in [5, 5.41) is 80.0. The monoisotopic (exact) mass is 1460 g/mol. The van der Waals surface area contributed by atoms with Gasteiger partial charge in [-0.2, -0.15) is 15.7 Å². The van der Waals surface area contributed by atoms with E-state index in [4.69, 9.17) is 46.4 Å². The summed E-state index contributed by atoms with van der Waals surface area (Å²) in [4.78, 5) is 122. The first-order chi connectivity index (χ1) is 50.7. The van der Waals surface area contributed by atoms with E-state index in [1.165, 1.54) is 31.7 Å². The predicted molar refractivity (Wildman–Crippen MR) is 363 cm³/mol. The fraction of sp³-hybridized carbons (Fsp3) is 0.203. The summed E-state index contributed by atoms with van der Waals surface area (Å²) in [7, 11) is 0. The number of esters is 1. The number of aliphatic hydroxyl groups excluding tert-OH is 2. The molecule has 7 heterocycles. The van der Waals surface area contributed by atoms with E-state index in [9.17, 15) is 53.4 Å². The Kier molecular flexibility index (Phi) is 26.1. The van der Waals surface area contributed by atoms with Crippen LogP contribution in [0.25, 0.3) is 61.5 Å². The molecular weight excluding hydrogens is 1400 g/mol. The largest absolute Gasteiger partial charge is 1.00 e. The molecule has 4 aromatic heterocycles. The van der Waals surface area contributed by atoms with E-state index in [2.05, 4.69) is 86.5 Å². The van der Waals surface area contributed by atoms with Crippen LogP contribution in [0.5, 0.6) is 0 Å². The predicted octanol–water partition coefficient (Wildman–Crippen LogP) is -1.10. The molecule has 12 N–H and O–H groups in total. The number of anilines is 6. The third kappa shape index (κ3) is 19.3. The summed E-state index contributed by atoms with van der Waals surface area (Å²) in [6, 6.07) is 41.1. The molecule has 41 nitrogen and oxygen atoms in total. The normalized spacial score (nSPS) is 16.2. The van der Waals surface area contributed by atoms with E-state index in [-0.39, 0.29) is 86.5 Å². The van der Waals surface area contributed by atoms with E-state index in [1.54, 1.807) is 133 Å². The zero-order chi connectivity index (χ0) is 74.7. The van der Waals surface area contributed by atoms with Crippen molar-refractivity contribution in [2.75, 3.05) is 70.1 Å². The third-order valence-electron chi connectivity index (χ3n) is 15.3. The Morgan fingerprint density at radius 3 is 1.36 bits per heavy atom. The van der Waals surface area contributed by atoms with Crippen LogP contribution >= 0.6 is 0 Å². The summed E-state index contributed by atoms with van der Waals surface area (Å²) >= 11 is 0. The number of nitrogens with two attached hydrogens (primary N) is 1. The number of nitriles is 1. The van der Waals surface area contributed by atoms with Crippen molar-refractivity contribution in [1.82, 2.24) is 61.5 Å². The van der Waals surface area contributed by atoms with Crippen LogP contribution in [0.3, 0.4) is 0 Å². The molecule has 0 aliphatic carbocycles. The van der Waals surface area contributed by atoms with E-state index >= 15 is 0 Å². The maximum absolute atomic E-state index is 13.2. The Morgan fingerprint density at radius 1 is 0.594 bits per heavy atom. The van der Waals surface area contributed by atoms with Gasteiger partial charge in [-0.3, -0.25) is 62.9 Å². The summed E-state index contributed by atoms with van der Waals surface area (Å²) in [6.45, 7) is 2.16. The van der Waals surface area contributed by atoms with Crippen LogP contribution in [0, 0.1) is 16.7 Å². The Labute approximate surface area is 616 Å². The van der Waals surface area contributed by atoms with Crippen molar-refractivity contribution >= 4 is 81.4 Å². The van der Waals surface area contributed by atoms with Gasteiger partial charge in [0.15, 0.2) is 42.2 Å². The van der Waals surface area contributed by atoms with Gasteiger partial charge in [0, 0.05) is 88.5 Å². The number of aromatic nitrogens is 12. The van der Waals surface area contributed by atoms with Crippen molar-refractivity contribution in [3.63, 3.8) is 0 Å². The summed E-state index contributed by atoms with van der Waals surface area (Å²) < 4.78 is 30.5. The number of aromatic amines is 4. The molecule has 6 amide bonds. The molecule has 3 saturated heterocycles. The average molecular weight is 1460 g/mol. The molecule has 0 unspecified atom stereocenters. The van der Waals surface area contributed by atoms with Gasteiger partial charge in [-0.25, -0.2) is 9.59 Å². The number of amidine groups is 1. The number of amides is 6. The van der Waals surface area contributed by atoms with Crippen molar-refractivity contribution in [1.29, 1.82) is 10.7 Å². The van der Waals surface area contributed by atoms with Crippen LogP contribution < -0.4 is 77.5 Å². The molecule has 0 radical (unpaired) electrons. The minimum atomic E-state index is -1.75. The first-order valence-electron chi connectivity index (χ1n) is 30.9. The van der Waals surface area contributed by atoms with Gasteiger partial charge in [0.1, 0.15) is 5.84 Å². The molecule has 536 valence electrons. The van der Waals surface area contributed by atoms with Crippen LogP contribution in [0.4, 0.5) is 34.1 Å². The van der Waals surface area contributed by atoms with Gasteiger partial charge < -0.3 is 76.6 Å². The molecule has 106 heavy (non-hydrogen) atoms. The minimum absolute atomic E-state index is 0. The first kappa shape index (κ1) is 76.9. The van der Waals surface area contributed by atoms with Crippen molar-refractivity contribution in [2.24, 2.45) is 5.73 Å². The number of morpholine rings is 3. The maximum atomic E-state index is 13.2. The van der Waals surface area contributed by atoms with E-state index in [0.29, 0.717) is 79.2 Å². The fourth-order valence-corrected chi connectivity index (χ4v) is 10.4. The molecule has 42 heteroatoms. The number of ether oxygens (including phenoxy) is 4. The zero-order valence-electron chi connectivity index (χ0n) is 55.4. The first-order valence-corrected chi connectivity index (χ1v) is 30.9. The second-order valence-electron chi connectivity index (χ2n) is 22.1. The van der Waals surface area contributed by atoms with Crippen LogP contribution in [-0.2, 0) is 52.5 Å². The van der Waals surface area contributed by atoms with Crippen molar-refractivity contribution < 1.29 is 101 Å². The summed E-state index contributed by atoms with van der Waals surface area (Å²) in [5.74, 6) is -5.13. The minimum Gasteiger partial charge on any atom is -0.449 e. The number of aliphatic hydroxyl groups is 2. The summed E-state index contributed by atoms with van der Waals surface area (Å²) in [6.07, 6.45) is -9.19.